The summed E-state index contributed by atoms with van der Waals surface area (Å²) in [6.07, 6.45) is 3.75. The second-order valence-corrected chi connectivity index (χ2v) is 40.1. The monoisotopic (exact) mass is 562 g/mol. The third kappa shape index (κ3) is 4.26. The fraction of sp³-hybridized carbons (Fsp3) is 0.357. The molecule has 2 aliphatic rings. The first kappa shape index (κ1) is 27.6. The summed E-state index contributed by atoms with van der Waals surface area (Å²) in [5.41, 5.74) is 12.0. The van der Waals surface area contributed by atoms with Gasteiger partial charge in [-0.1, -0.05) is 0 Å². The Morgan fingerprint density at radius 1 is 0.875 bits per heavy atom. The van der Waals surface area contributed by atoms with Gasteiger partial charge in [0.25, 0.3) is 0 Å². The molecule has 0 nitrogen and oxygen atoms in total. The van der Waals surface area contributed by atoms with Gasteiger partial charge in [-0.05, 0) is 0 Å². The summed E-state index contributed by atoms with van der Waals surface area (Å²) in [4.78, 5) is 0. The number of fused-ring (bicyclic) bond motifs is 1. The molecule has 0 heterocycles. The van der Waals surface area contributed by atoms with Crippen LogP contribution in [0, 0.1) is 5.92 Å². The van der Waals surface area contributed by atoms with Crippen LogP contribution < -0.4 is 0 Å². The second kappa shape index (κ2) is 9.53. The van der Waals surface area contributed by atoms with E-state index >= 15 is 0 Å². The van der Waals surface area contributed by atoms with E-state index in [0.29, 0.717) is 9.54 Å². The van der Waals surface area contributed by atoms with Crippen molar-refractivity contribution in [1.82, 2.24) is 0 Å². The second-order valence-electron chi connectivity index (χ2n) is 10.6. The Hall–Kier alpha value is -0.660. The van der Waals surface area contributed by atoms with E-state index < -0.39 is 17.4 Å². The van der Waals surface area contributed by atoms with Crippen molar-refractivity contribution in [3.8, 4) is 0 Å². The van der Waals surface area contributed by atoms with E-state index in [4.69, 9.17) is 0 Å². The maximum absolute atomic E-state index is 3.31. The zero-order chi connectivity index (χ0) is 21.9. The molecule has 0 saturated heterocycles. The number of allylic oxidation sites excluding steroid dienone is 5. The molecule has 0 radical (unpaired) electrons. The van der Waals surface area contributed by atoms with E-state index in [-0.39, 0.29) is 24.8 Å². The quantitative estimate of drug-likeness (QED) is 0.329. The fourth-order valence-corrected chi connectivity index (χ4v) is 24.7. The van der Waals surface area contributed by atoms with Gasteiger partial charge in [0.05, 0.1) is 0 Å². The Kier molecular flexibility index (Phi) is 8.22. The van der Waals surface area contributed by atoms with E-state index in [2.05, 4.69) is 105 Å². The Morgan fingerprint density at radius 3 is 2.00 bits per heavy atom. The van der Waals surface area contributed by atoms with Crippen LogP contribution in [-0.4, -0.2) is 6.88 Å². The van der Waals surface area contributed by atoms with E-state index in [1.54, 1.807) is 22.3 Å². The molecule has 4 rings (SSSR count). The smallest absolute Gasteiger partial charge is 0.147 e. The Bertz CT molecular complexity index is 1190. The molecule has 2 atom stereocenters. The van der Waals surface area contributed by atoms with Gasteiger partial charge in [-0.2, -0.15) is 0 Å². The largest absolute Gasteiger partial charge is 0.147 e. The zero-order valence-corrected chi connectivity index (χ0v) is 26.1. The van der Waals surface area contributed by atoms with Crippen LogP contribution in [0.15, 0.2) is 74.6 Å². The summed E-state index contributed by atoms with van der Waals surface area (Å²) in [6.45, 7) is 14.2. The summed E-state index contributed by atoms with van der Waals surface area (Å²) < 4.78 is 7.78. The zero-order valence-electron chi connectivity index (χ0n) is 20.6. The molecule has 2 aromatic rings. The van der Waals surface area contributed by atoms with E-state index in [1.165, 1.54) is 22.3 Å². The molecular formula is C28H38Cl2SiZr. The molecule has 2 aliphatic carbocycles. The van der Waals surface area contributed by atoms with Crippen LogP contribution in [-0.2, 0) is 23.8 Å². The van der Waals surface area contributed by atoms with Gasteiger partial charge in [-0.25, -0.2) is 0 Å². The molecule has 0 amide bonds. The van der Waals surface area contributed by atoms with Gasteiger partial charge < -0.3 is 0 Å². The van der Waals surface area contributed by atoms with Gasteiger partial charge in [0.2, 0.25) is 0 Å². The minimum atomic E-state index is -3.31. The summed E-state index contributed by atoms with van der Waals surface area (Å²) in [5.74, 6) is 0.594. The van der Waals surface area contributed by atoms with Gasteiger partial charge in [0.15, 0.2) is 0 Å². The molecule has 0 spiro atoms. The van der Waals surface area contributed by atoms with Crippen LogP contribution >= 0.6 is 24.8 Å². The summed E-state index contributed by atoms with van der Waals surface area (Å²) >= 11 is -3.31. The van der Waals surface area contributed by atoms with E-state index in [1.807, 2.05) is 3.28 Å². The first-order valence-electron chi connectivity index (χ1n) is 11.4. The normalized spacial score (nSPS) is 20.6. The first-order chi connectivity index (χ1) is 14.0. The number of benzene rings is 2. The predicted molar refractivity (Wildman–Crippen MR) is 147 cm³/mol. The SMILES string of the molecule is CCc1ccc(C2=C[CH]([Zr]([CH3])([CH3])(=[SiH2])[C]3=C(C)C(C)=C(C)C3C)c3ccccc32)cc1.Cl.Cl. The molecule has 32 heavy (non-hydrogen) atoms. The minimum Gasteiger partial charge on any atom is -0.147 e. The van der Waals surface area contributed by atoms with Crippen molar-refractivity contribution in [3.05, 3.63) is 96.9 Å². The van der Waals surface area contributed by atoms with Crippen LogP contribution in [0.1, 0.15) is 60.5 Å². The number of hydrogen-bond donors (Lipinski definition) is 0. The van der Waals surface area contributed by atoms with Gasteiger partial charge in [-0.3, -0.25) is 0 Å². The average molecular weight is 565 g/mol. The third-order valence-corrected chi connectivity index (χ3v) is 25.4. The molecule has 0 bridgehead atoms. The molecule has 2 aromatic carbocycles. The molecule has 172 valence electrons. The molecule has 2 unspecified atom stereocenters. The third-order valence-electron chi connectivity index (χ3n) is 8.12. The van der Waals surface area contributed by atoms with Crippen LogP contribution in [0.5, 0.6) is 0 Å². The van der Waals surface area contributed by atoms with E-state index in [9.17, 15) is 0 Å². The van der Waals surface area contributed by atoms with Crippen molar-refractivity contribution in [2.75, 3.05) is 0 Å². The summed E-state index contributed by atoms with van der Waals surface area (Å²) in [5, 5.41) is 0. The molecule has 4 heteroatoms. The number of aryl methyl sites for hydroxylation is 1. The Labute approximate surface area is 210 Å². The number of hydrogen-bond acceptors (Lipinski definition) is 0. The van der Waals surface area contributed by atoms with Gasteiger partial charge in [0, 0.05) is 0 Å². The molecule has 0 fully saturated rings. The van der Waals surface area contributed by atoms with Crippen molar-refractivity contribution in [3.63, 3.8) is 0 Å². The van der Waals surface area contributed by atoms with Gasteiger partial charge in [0.1, 0.15) is 0 Å². The van der Waals surface area contributed by atoms with Gasteiger partial charge >= 0.3 is 187 Å². The fourth-order valence-electron chi connectivity index (χ4n) is 6.16. The Morgan fingerprint density at radius 2 is 1.47 bits per heavy atom. The molecule has 0 N–H and O–H groups in total. The molecule has 0 aromatic heterocycles. The number of rotatable bonds is 4. The van der Waals surface area contributed by atoms with Crippen LogP contribution in [0.3, 0.4) is 0 Å². The van der Waals surface area contributed by atoms with Crippen LogP contribution in [0.2, 0.25) is 9.26 Å². The maximum Gasteiger partial charge on any atom is -0.147 e. The standard InChI is InChI=1S/C17H15.C9H13.2CH3.2ClH.H2Si.Zr/c1-2-13-7-9-15(10-8-13)17-12-11-14-5-3-4-6-16(14)17;1-6-5-7(2)9(4)8(6)3;;;;;;/h3-12H,2H2,1H3;6H,1-4H3;2*1H3;2*1H;1H2;. The molecule has 0 saturated carbocycles. The van der Waals surface area contributed by atoms with Crippen molar-refractivity contribution < 1.29 is 17.4 Å². The summed E-state index contributed by atoms with van der Waals surface area (Å²) in [7, 11) is 0. The molecule has 0 aliphatic heterocycles. The van der Waals surface area contributed by atoms with Crippen molar-refractivity contribution in [1.29, 1.82) is 0 Å². The first-order valence-corrected chi connectivity index (χ1v) is 24.9. The van der Waals surface area contributed by atoms with Gasteiger partial charge in [-0.15, -0.1) is 24.8 Å². The average Bonchev–Trinajstić information content (AvgIpc) is 3.21. The summed E-state index contributed by atoms with van der Waals surface area (Å²) in [6, 6.07) is 18.5. The van der Waals surface area contributed by atoms with Crippen LogP contribution in [0.25, 0.3) is 5.57 Å². The number of halogens is 2. The van der Waals surface area contributed by atoms with Crippen molar-refractivity contribution >= 4 is 37.3 Å². The van der Waals surface area contributed by atoms with Crippen molar-refractivity contribution in [2.24, 2.45) is 5.92 Å². The topological polar surface area (TPSA) is 0 Å². The molecular weight excluding hydrogens is 527 g/mol. The predicted octanol–water partition coefficient (Wildman–Crippen LogP) is 8.17. The van der Waals surface area contributed by atoms with Crippen LogP contribution in [0.4, 0.5) is 0 Å². The Balaban J connectivity index is 0.00000181. The van der Waals surface area contributed by atoms with Crippen molar-refractivity contribution in [2.45, 2.75) is 53.9 Å². The maximum atomic E-state index is 2.70. The minimum absolute atomic E-state index is 0. The van der Waals surface area contributed by atoms with E-state index in [0.717, 1.165) is 6.42 Å².